The summed E-state index contributed by atoms with van der Waals surface area (Å²) in [5, 5.41) is 10.8. The molecule has 96 valence electrons. The van der Waals surface area contributed by atoms with Gasteiger partial charge in [-0.3, -0.25) is 0 Å². The van der Waals surface area contributed by atoms with Crippen LogP contribution >= 0.6 is 62.1 Å². The highest BCUT2D eigenvalue weighted by atomic mass is 79.9. The minimum atomic E-state index is -0.708. The first kappa shape index (κ1) is 14.6. The van der Waals surface area contributed by atoms with Gasteiger partial charge in [-0.05, 0) is 23.8 Å². The van der Waals surface area contributed by atoms with E-state index in [1.165, 1.54) is 11.3 Å². The Labute approximate surface area is 132 Å². The van der Waals surface area contributed by atoms with Crippen LogP contribution in [0.4, 0.5) is 0 Å². The minimum absolute atomic E-state index is 0.402. The molecule has 1 aromatic carbocycles. The first-order valence-electron chi connectivity index (χ1n) is 5.04. The summed E-state index contributed by atoms with van der Waals surface area (Å²) in [5.74, 6) is 0. The third-order valence-electron chi connectivity index (χ3n) is 2.47. The fourth-order valence-corrected chi connectivity index (χ4v) is 3.90. The second-order valence-corrected chi connectivity index (χ2v) is 7.34. The molecule has 2 rings (SSSR count). The van der Waals surface area contributed by atoms with Gasteiger partial charge < -0.3 is 5.11 Å². The average molecular weight is 387 g/mol. The van der Waals surface area contributed by atoms with E-state index in [2.05, 4.69) is 15.9 Å². The Hall–Kier alpha value is 0.230. The summed E-state index contributed by atoms with van der Waals surface area (Å²) in [6.07, 6.45) is -0.307. The molecule has 1 heterocycles. The highest BCUT2D eigenvalue weighted by molar-refractivity contribution is 9.10. The van der Waals surface area contributed by atoms with Gasteiger partial charge in [-0.25, -0.2) is 0 Å². The molecule has 0 saturated heterocycles. The van der Waals surface area contributed by atoms with Crippen LogP contribution in [0, 0.1) is 0 Å². The van der Waals surface area contributed by atoms with E-state index in [-0.39, 0.29) is 0 Å². The maximum atomic E-state index is 10.2. The van der Waals surface area contributed by atoms with Crippen LogP contribution in [0.25, 0.3) is 0 Å². The predicted molar refractivity (Wildman–Crippen MR) is 82.2 cm³/mol. The van der Waals surface area contributed by atoms with Crippen LogP contribution in [0.5, 0.6) is 0 Å². The van der Waals surface area contributed by atoms with Crippen LogP contribution in [0.1, 0.15) is 17.2 Å². The molecule has 0 radical (unpaired) electrons. The molecule has 18 heavy (non-hydrogen) atoms. The number of thiophene rings is 1. The molecule has 0 spiro atoms. The van der Waals surface area contributed by atoms with Gasteiger partial charge in [-0.2, -0.15) is 0 Å². The largest absolute Gasteiger partial charge is 0.388 e. The van der Waals surface area contributed by atoms with E-state index in [4.69, 9.17) is 34.8 Å². The lowest BCUT2D eigenvalue weighted by molar-refractivity contribution is 0.179. The second kappa shape index (κ2) is 6.12. The molecule has 0 aliphatic rings. The van der Waals surface area contributed by atoms with Crippen molar-refractivity contribution in [1.29, 1.82) is 0 Å². The van der Waals surface area contributed by atoms with Gasteiger partial charge in [0, 0.05) is 21.5 Å². The Kier molecular flexibility index (Phi) is 4.98. The van der Waals surface area contributed by atoms with Gasteiger partial charge in [0.25, 0.3) is 0 Å². The van der Waals surface area contributed by atoms with Crippen molar-refractivity contribution in [1.82, 2.24) is 0 Å². The molecule has 2 aromatic rings. The molecule has 0 saturated carbocycles. The lowest BCUT2D eigenvalue weighted by Gasteiger charge is -2.11. The van der Waals surface area contributed by atoms with E-state index >= 15 is 0 Å². The molecular weight excluding hydrogens is 378 g/mol. The van der Waals surface area contributed by atoms with Crippen LogP contribution in [0.2, 0.25) is 13.7 Å². The highest BCUT2D eigenvalue weighted by Gasteiger charge is 2.16. The molecule has 6 heteroatoms. The monoisotopic (exact) mass is 384 g/mol. The SMILES string of the molecule is OC(Cc1ccc(Br)cc1Cl)c1cc(Cl)sc1Cl. The Morgan fingerprint density at radius 1 is 1.22 bits per heavy atom. The van der Waals surface area contributed by atoms with Gasteiger partial charge in [-0.15, -0.1) is 11.3 Å². The fourth-order valence-electron chi connectivity index (χ4n) is 1.59. The Bertz CT molecular complexity index is 570. The van der Waals surface area contributed by atoms with E-state index in [0.29, 0.717) is 25.7 Å². The number of benzene rings is 1. The van der Waals surface area contributed by atoms with E-state index in [0.717, 1.165) is 10.0 Å². The molecule has 1 unspecified atom stereocenters. The molecule has 0 fully saturated rings. The van der Waals surface area contributed by atoms with Crippen molar-refractivity contribution in [3.63, 3.8) is 0 Å². The zero-order valence-electron chi connectivity index (χ0n) is 8.96. The highest BCUT2D eigenvalue weighted by Crippen LogP contribution is 2.36. The number of hydrogen-bond donors (Lipinski definition) is 1. The first-order valence-corrected chi connectivity index (χ1v) is 7.78. The van der Waals surface area contributed by atoms with Crippen molar-refractivity contribution in [2.75, 3.05) is 0 Å². The topological polar surface area (TPSA) is 20.2 Å². The minimum Gasteiger partial charge on any atom is -0.388 e. The van der Waals surface area contributed by atoms with E-state index in [1.54, 1.807) is 12.1 Å². The van der Waals surface area contributed by atoms with Gasteiger partial charge in [0.2, 0.25) is 0 Å². The number of aliphatic hydroxyl groups is 1. The normalized spacial score (nSPS) is 12.7. The molecule has 1 N–H and O–H groups in total. The van der Waals surface area contributed by atoms with Crippen LogP contribution in [0.3, 0.4) is 0 Å². The summed E-state index contributed by atoms with van der Waals surface area (Å²) in [4.78, 5) is 0. The van der Waals surface area contributed by atoms with Crippen molar-refractivity contribution >= 4 is 62.1 Å². The third kappa shape index (κ3) is 3.41. The summed E-state index contributed by atoms with van der Waals surface area (Å²) >= 11 is 22.6. The maximum Gasteiger partial charge on any atom is 0.100 e. The molecule has 1 aromatic heterocycles. The predicted octanol–water partition coefficient (Wildman–Crippen LogP) is 5.75. The summed E-state index contributed by atoms with van der Waals surface area (Å²) < 4.78 is 1.99. The van der Waals surface area contributed by atoms with Crippen LogP contribution in [-0.2, 0) is 6.42 Å². The summed E-state index contributed by atoms with van der Waals surface area (Å²) in [6, 6.07) is 7.24. The van der Waals surface area contributed by atoms with Crippen LogP contribution < -0.4 is 0 Å². The molecule has 0 aliphatic heterocycles. The van der Waals surface area contributed by atoms with E-state index in [9.17, 15) is 5.11 Å². The second-order valence-electron chi connectivity index (χ2n) is 3.74. The van der Waals surface area contributed by atoms with Crippen LogP contribution in [0.15, 0.2) is 28.7 Å². The Morgan fingerprint density at radius 3 is 2.50 bits per heavy atom. The van der Waals surface area contributed by atoms with Gasteiger partial charge >= 0.3 is 0 Å². The molecule has 1 atom stereocenters. The maximum absolute atomic E-state index is 10.2. The molecule has 0 bridgehead atoms. The van der Waals surface area contributed by atoms with E-state index in [1.807, 2.05) is 12.1 Å². The Morgan fingerprint density at radius 2 is 1.94 bits per heavy atom. The average Bonchev–Trinajstić information content (AvgIpc) is 2.62. The summed E-state index contributed by atoms with van der Waals surface area (Å²) in [6.45, 7) is 0. The molecule has 0 aliphatic carbocycles. The standard InChI is InChI=1S/C12H8BrCl3OS/c13-7-2-1-6(9(14)4-7)3-10(17)8-5-11(15)18-12(8)16/h1-2,4-5,10,17H,3H2. The lowest BCUT2D eigenvalue weighted by atomic mass is 10.0. The number of hydrogen-bond acceptors (Lipinski definition) is 2. The summed E-state index contributed by atoms with van der Waals surface area (Å²) in [7, 11) is 0. The Balaban J connectivity index is 2.21. The molecule has 1 nitrogen and oxygen atoms in total. The van der Waals surface area contributed by atoms with Gasteiger partial charge in [0.1, 0.15) is 4.34 Å². The van der Waals surface area contributed by atoms with Gasteiger partial charge in [0.15, 0.2) is 0 Å². The van der Waals surface area contributed by atoms with Gasteiger partial charge in [0.05, 0.1) is 10.4 Å². The number of aliphatic hydroxyl groups excluding tert-OH is 1. The third-order valence-corrected chi connectivity index (χ3v) is 4.83. The zero-order valence-corrected chi connectivity index (χ0v) is 13.6. The van der Waals surface area contributed by atoms with Crippen molar-refractivity contribution in [2.45, 2.75) is 12.5 Å². The fraction of sp³-hybridized carbons (Fsp3) is 0.167. The molecule has 0 amide bonds. The van der Waals surface area contributed by atoms with Crippen molar-refractivity contribution < 1.29 is 5.11 Å². The number of halogens is 4. The quantitative estimate of drug-likeness (QED) is 0.712. The zero-order chi connectivity index (χ0) is 13.3. The van der Waals surface area contributed by atoms with Crippen molar-refractivity contribution in [2.24, 2.45) is 0 Å². The van der Waals surface area contributed by atoms with Gasteiger partial charge in [-0.1, -0.05) is 56.8 Å². The molecular formula is C12H8BrCl3OS. The van der Waals surface area contributed by atoms with Crippen molar-refractivity contribution in [3.05, 3.63) is 53.6 Å². The summed E-state index contributed by atoms with van der Waals surface area (Å²) in [5.41, 5.74) is 1.51. The van der Waals surface area contributed by atoms with Crippen molar-refractivity contribution in [3.8, 4) is 0 Å². The van der Waals surface area contributed by atoms with E-state index < -0.39 is 6.10 Å². The number of rotatable bonds is 3. The first-order chi connectivity index (χ1) is 8.47. The smallest absolute Gasteiger partial charge is 0.100 e. The van der Waals surface area contributed by atoms with Crippen LogP contribution in [-0.4, -0.2) is 5.11 Å². The lowest BCUT2D eigenvalue weighted by Crippen LogP contribution is -2.01.